The largest absolute Gasteiger partial charge is 0.616 e. The van der Waals surface area contributed by atoms with Crippen LogP contribution in [0.3, 0.4) is 0 Å². The van der Waals surface area contributed by atoms with Gasteiger partial charge in [0.1, 0.15) is 5.69 Å². The molecule has 2 heterocycles. The molecule has 0 unspecified atom stereocenters. The van der Waals surface area contributed by atoms with Gasteiger partial charge in [0.15, 0.2) is 11.4 Å². The number of rotatable bonds is 10. The monoisotopic (exact) mass is 822 g/mol. The number of anilines is 6. The molecule has 9 aromatic carbocycles. The number of fused-ring (bicyclic) bond motifs is 3. The van der Waals surface area contributed by atoms with Gasteiger partial charge < -0.3 is 15.0 Å². The average Bonchev–Trinajstić information content (AvgIpc) is 3.63. The summed E-state index contributed by atoms with van der Waals surface area (Å²) in [7, 11) is 0. The van der Waals surface area contributed by atoms with Crippen LogP contribution in [0.4, 0.5) is 51.2 Å². The number of aromatic nitrogens is 1. The summed E-state index contributed by atoms with van der Waals surface area (Å²) in [6, 6.07) is 87.1. The van der Waals surface area contributed by atoms with Gasteiger partial charge >= 0.3 is 0 Å². The fourth-order valence-electron chi connectivity index (χ4n) is 8.99. The Morgan fingerprint density at radius 3 is 1.00 bits per heavy atom. The van der Waals surface area contributed by atoms with Crippen molar-refractivity contribution in [2.75, 3.05) is 9.80 Å². The molecular formula is C59H42N4O. The van der Waals surface area contributed by atoms with Gasteiger partial charge in [0.05, 0.1) is 22.5 Å². The molecule has 10 aromatic rings. The minimum absolute atomic E-state index is 0.621. The lowest BCUT2D eigenvalue weighted by atomic mass is 9.99. The first kappa shape index (κ1) is 38.6. The summed E-state index contributed by atoms with van der Waals surface area (Å²) in [4.78, 5) is 9.59. The highest BCUT2D eigenvalue weighted by atomic mass is 16.5. The van der Waals surface area contributed by atoms with E-state index < -0.39 is 4.65 Å². The quantitative estimate of drug-likeness (QED) is 0.102. The third-order valence-electron chi connectivity index (χ3n) is 12.0. The number of para-hydroxylation sites is 4. The fourth-order valence-corrected chi connectivity index (χ4v) is 8.99. The Morgan fingerprint density at radius 1 is 0.297 bits per heavy atom. The third-order valence-corrected chi connectivity index (χ3v) is 12.0. The zero-order valence-electron chi connectivity index (χ0n) is 34.9. The minimum atomic E-state index is -0.736. The molecule has 5 nitrogen and oxygen atoms in total. The SMILES string of the molecule is [O-][N+]1(c2ccc(-c3cc(-c4ccccc4)nc(-c4ccccc4)c3)cc2)c2ccc(N(c3ccccc3)c3ccccc3)cc2-c2cc(N(c3ccccc3)c3ccccc3)ccc21. The lowest BCUT2D eigenvalue weighted by Gasteiger charge is -2.38. The normalized spacial score (nSPS) is 12.3. The summed E-state index contributed by atoms with van der Waals surface area (Å²) in [5, 5.41) is 16.2. The van der Waals surface area contributed by atoms with Crippen LogP contribution in [0.5, 0.6) is 0 Å². The van der Waals surface area contributed by atoms with Gasteiger partial charge in [-0.3, -0.25) is 4.65 Å². The maximum atomic E-state index is 16.2. The highest BCUT2D eigenvalue weighted by molar-refractivity contribution is 6.02. The highest BCUT2D eigenvalue weighted by Crippen LogP contribution is 2.59. The number of quaternary nitrogens is 1. The van der Waals surface area contributed by atoms with Crippen molar-refractivity contribution in [2.24, 2.45) is 0 Å². The maximum absolute atomic E-state index is 16.2. The van der Waals surface area contributed by atoms with Gasteiger partial charge in [-0.2, -0.15) is 0 Å². The zero-order valence-corrected chi connectivity index (χ0v) is 34.9. The van der Waals surface area contributed by atoms with E-state index in [1.54, 1.807) is 0 Å². The number of hydrogen-bond donors (Lipinski definition) is 0. The molecule has 5 heteroatoms. The van der Waals surface area contributed by atoms with Crippen molar-refractivity contribution in [1.82, 2.24) is 9.63 Å². The summed E-state index contributed by atoms with van der Waals surface area (Å²) in [6.45, 7) is 0. The van der Waals surface area contributed by atoms with E-state index in [-0.39, 0.29) is 0 Å². The van der Waals surface area contributed by atoms with Gasteiger partial charge in [-0.25, -0.2) is 4.98 Å². The second-order valence-electron chi connectivity index (χ2n) is 15.9. The first-order valence-electron chi connectivity index (χ1n) is 21.6. The van der Waals surface area contributed by atoms with E-state index in [9.17, 15) is 0 Å². The van der Waals surface area contributed by atoms with Crippen LogP contribution in [0, 0.1) is 5.21 Å². The smallest absolute Gasteiger partial charge is 0.151 e. The Kier molecular flexibility index (Phi) is 9.94. The summed E-state index contributed by atoms with van der Waals surface area (Å²) >= 11 is 0. The first-order valence-corrected chi connectivity index (χ1v) is 21.6. The molecule has 64 heavy (non-hydrogen) atoms. The van der Waals surface area contributed by atoms with Gasteiger partial charge in [-0.15, -0.1) is 0 Å². The van der Waals surface area contributed by atoms with Crippen molar-refractivity contribution in [3.05, 3.63) is 260 Å². The molecular weight excluding hydrogens is 781 g/mol. The van der Waals surface area contributed by atoms with Gasteiger partial charge in [0, 0.05) is 69.5 Å². The van der Waals surface area contributed by atoms with E-state index in [1.807, 2.05) is 84.9 Å². The molecule has 1 aliphatic rings. The van der Waals surface area contributed by atoms with E-state index in [1.165, 1.54) is 0 Å². The van der Waals surface area contributed by atoms with Crippen molar-refractivity contribution in [2.45, 2.75) is 0 Å². The van der Waals surface area contributed by atoms with E-state index in [4.69, 9.17) is 4.98 Å². The van der Waals surface area contributed by atoms with Crippen LogP contribution in [-0.2, 0) is 0 Å². The minimum Gasteiger partial charge on any atom is -0.616 e. The summed E-state index contributed by atoms with van der Waals surface area (Å²) in [5.74, 6) is 0. The molecule has 0 saturated heterocycles. The standard InChI is InChI=1S/C59H42N4O/c64-63(53-35-31-43(32-36-53)46-39-56(44-19-7-1-8-20-44)60-57(40-46)45-21-9-2-10-22-45)58-37-33-51(61(47-23-11-3-12-24-47)48-25-13-4-14-26-48)41-54(58)55-42-52(34-38-59(55)63)62(49-27-15-5-16-28-49)50-29-17-6-18-30-50/h1-42H. The lowest BCUT2D eigenvalue weighted by molar-refractivity contribution is 0.710. The molecule has 11 rings (SSSR count). The highest BCUT2D eigenvalue weighted by Gasteiger charge is 2.40. The number of hydrogen-bond acceptors (Lipinski definition) is 4. The molecule has 0 bridgehead atoms. The van der Waals surface area contributed by atoms with Crippen LogP contribution >= 0.6 is 0 Å². The number of nitrogens with zero attached hydrogens (tertiary/aromatic N) is 4. The van der Waals surface area contributed by atoms with Gasteiger partial charge in [-0.1, -0.05) is 133 Å². The third kappa shape index (κ3) is 7.01. The Morgan fingerprint density at radius 2 is 0.641 bits per heavy atom. The summed E-state index contributed by atoms with van der Waals surface area (Å²) < 4.78 is -0.736. The zero-order chi connectivity index (χ0) is 42.9. The average molecular weight is 823 g/mol. The van der Waals surface area contributed by atoms with Crippen LogP contribution in [0.1, 0.15) is 0 Å². The summed E-state index contributed by atoms with van der Waals surface area (Å²) in [5.41, 5.74) is 15.7. The lowest BCUT2D eigenvalue weighted by Crippen LogP contribution is -2.29. The van der Waals surface area contributed by atoms with Crippen LogP contribution in [0.25, 0.3) is 44.8 Å². The predicted octanol–water partition coefficient (Wildman–Crippen LogP) is 16.5. The van der Waals surface area contributed by atoms with Crippen LogP contribution < -0.4 is 14.4 Å². The van der Waals surface area contributed by atoms with Crippen LogP contribution in [-0.4, -0.2) is 4.98 Å². The van der Waals surface area contributed by atoms with Crippen molar-refractivity contribution in [1.29, 1.82) is 0 Å². The molecule has 0 atom stereocenters. The van der Waals surface area contributed by atoms with E-state index in [0.29, 0.717) is 17.1 Å². The van der Waals surface area contributed by atoms with E-state index >= 15 is 5.21 Å². The predicted molar refractivity (Wildman–Crippen MR) is 266 cm³/mol. The molecule has 0 N–H and O–H groups in total. The topological polar surface area (TPSA) is 42.4 Å². The molecule has 0 radical (unpaired) electrons. The second-order valence-corrected chi connectivity index (χ2v) is 15.9. The molecule has 1 aromatic heterocycles. The molecule has 0 fully saturated rings. The Hall–Kier alpha value is -8.35. The van der Waals surface area contributed by atoms with Gasteiger partial charge in [-0.05, 0) is 108 Å². The van der Waals surface area contributed by atoms with E-state index in [0.717, 1.165) is 78.9 Å². The van der Waals surface area contributed by atoms with E-state index in [2.05, 4.69) is 180 Å². The molecule has 0 aliphatic carbocycles. The Labute approximate surface area is 373 Å². The number of benzene rings is 9. The Bertz CT molecular complexity index is 2930. The molecule has 0 saturated carbocycles. The maximum Gasteiger partial charge on any atom is 0.151 e. The molecule has 0 spiro atoms. The summed E-state index contributed by atoms with van der Waals surface area (Å²) in [6.07, 6.45) is 0. The van der Waals surface area contributed by atoms with Crippen LogP contribution in [0.2, 0.25) is 0 Å². The van der Waals surface area contributed by atoms with Gasteiger partial charge in [0.2, 0.25) is 0 Å². The second kappa shape index (κ2) is 16.5. The number of pyridine rings is 1. The molecule has 1 aliphatic heterocycles. The Balaban J connectivity index is 1.07. The van der Waals surface area contributed by atoms with Crippen molar-refractivity contribution in [3.63, 3.8) is 0 Å². The van der Waals surface area contributed by atoms with Gasteiger partial charge in [0.25, 0.3) is 0 Å². The van der Waals surface area contributed by atoms with Crippen molar-refractivity contribution >= 4 is 51.2 Å². The van der Waals surface area contributed by atoms with Crippen molar-refractivity contribution < 1.29 is 0 Å². The molecule has 0 amide bonds. The van der Waals surface area contributed by atoms with Crippen molar-refractivity contribution in [3.8, 4) is 44.8 Å². The molecule has 304 valence electrons. The van der Waals surface area contributed by atoms with Crippen LogP contribution in [0.15, 0.2) is 255 Å². The fraction of sp³-hybridized carbons (Fsp3) is 0. The first-order chi connectivity index (χ1) is 31.6.